The van der Waals surface area contributed by atoms with Crippen LogP contribution in [0.25, 0.3) is 11.0 Å². The van der Waals surface area contributed by atoms with Crippen molar-refractivity contribution >= 4 is 11.0 Å². The van der Waals surface area contributed by atoms with Crippen molar-refractivity contribution in [3.05, 3.63) is 27.0 Å². The van der Waals surface area contributed by atoms with Gasteiger partial charge in [0.15, 0.2) is 11.0 Å². The second kappa shape index (κ2) is 1.82. The van der Waals surface area contributed by atoms with Crippen LogP contribution in [-0.2, 0) is 0 Å². The Balaban J connectivity index is 3.21. The van der Waals surface area contributed by atoms with E-state index in [0.717, 1.165) is 0 Å². The van der Waals surface area contributed by atoms with Crippen LogP contribution in [0, 0.1) is 0 Å². The lowest BCUT2D eigenvalue weighted by molar-refractivity contribution is 1.06. The molecule has 0 saturated carbocycles. The molecule has 0 aliphatic carbocycles. The Labute approximate surface area is 59.3 Å². The molecule has 56 valence electrons. The molecule has 0 atom stereocenters. The molecule has 0 aliphatic rings. The maximum absolute atomic E-state index is 10.9. The summed E-state index contributed by atoms with van der Waals surface area (Å²) < 4.78 is 0. The third-order valence-electron chi connectivity index (χ3n) is 1.37. The number of fused-ring (bicyclic) bond motifs is 1. The Hall–Kier alpha value is -1.85. The van der Waals surface area contributed by atoms with Crippen molar-refractivity contribution in [2.75, 3.05) is 0 Å². The van der Waals surface area contributed by atoms with Gasteiger partial charge in [-0.15, -0.1) is 0 Å². The fraction of sp³-hybridized carbons (Fsp3) is 0. The summed E-state index contributed by atoms with van der Waals surface area (Å²) in [6.45, 7) is 0. The summed E-state index contributed by atoms with van der Waals surface area (Å²) >= 11 is 0. The fourth-order valence-electron chi connectivity index (χ4n) is 0.884. The molecule has 0 saturated heterocycles. The molecule has 0 radical (unpaired) electrons. The van der Waals surface area contributed by atoms with Crippen LogP contribution in [0.1, 0.15) is 0 Å². The van der Waals surface area contributed by atoms with E-state index in [9.17, 15) is 9.59 Å². The quantitative estimate of drug-likeness (QED) is 0.449. The lowest BCUT2D eigenvalue weighted by Gasteiger charge is -1.81. The van der Waals surface area contributed by atoms with Crippen LogP contribution in [0.5, 0.6) is 0 Å². The first kappa shape index (κ1) is 5.90. The highest BCUT2D eigenvalue weighted by atomic mass is 16.1. The van der Waals surface area contributed by atoms with Gasteiger partial charge in [-0.3, -0.25) is 19.8 Å². The van der Waals surface area contributed by atoms with Gasteiger partial charge in [0.1, 0.15) is 0 Å². The van der Waals surface area contributed by atoms with E-state index in [1.165, 1.54) is 6.33 Å². The van der Waals surface area contributed by atoms with Gasteiger partial charge in [0.05, 0.1) is 6.33 Å². The zero-order valence-electron chi connectivity index (χ0n) is 5.34. The van der Waals surface area contributed by atoms with E-state index in [1.54, 1.807) is 0 Å². The average Bonchev–Trinajstić information content (AvgIpc) is 2.34. The maximum Gasteiger partial charge on any atom is 0.279 e. The van der Waals surface area contributed by atoms with Crippen molar-refractivity contribution in [3.63, 3.8) is 0 Å². The van der Waals surface area contributed by atoms with E-state index in [4.69, 9.17) is 0 Å². The van der Waals surface area contributed by atoms with Gasteiger partial charge in [-0.05, 0) is 0 Å². The predicted octanol–water partition coefficient (Wildman–Crippen LogP) is -1.06. The monoisotopic (exact) mass is 152 g/mol. The van der Waals surface area contributed by atoms with Crippen LogP contribution in [0.4, 0.5) is 0 Å². The zero-order valence-corrected chi connectivity index (χ0v) is 5.34. The minimum absolute atomic E-state index is 0.0347. The summed E-state index contributed by atoms with van der Waals surface area (Å²) in [5.41, 5.74) is -0.606. The number of H-pyrrole nitrogens is 3. The molecule has 3 N–H and O–H groups in total. The molecule has 2 aromatic rings. The predicted molar refractivity (Wildman–Crippen MR) is 37.3 cm³/mol. The van der Waals surface area contributed by atoms with Crippen molar-refractivity contribution in [3.8, 4) is 0 Å². The lowest BCUT2D eigenvalue weighted by Crippen LogP contribution is -2.13. The lowest BCUT2D eigenvalue weighted by atomic mass is 10.4. The molecular formula is C5H4N4O2. The summed E-state index contributed by atoms with van der Waals surface area (Å²) in [7, 11) is 0. The molecule has 6 heteroatoms. The molecule has 0 bridgehead atoms. The van der Waals surface area contributed by atoms with Gasteiger partial charge in [-0.25, -0.2) is 4.98 Å². The second-order valence-corrected chi connectivity index (χ2v) is 2.03. The highest BCUT2D eigenvalue weighted by molar-refractivity contribution is 5.71. The van der Waals surface area contributed by atoms with Gasteiger partial charge in [-0.1, -0.05) is 0 Å². The number of hydrogen-bond donors (Lipinski definition) is 3. The smallest absolute Gasteiger partial charge is 0.279 e. The van der Waals surface area contributed by atoms with Gasteiger partial charge in [0.2, 0.25) is 0 Å². The van der Waals surface area contributed by atoms with Crippen molar-refractivity contribution < 1.29 is 0 Å². The topological polar surface area (TPSA) is 94.4 Å². The molecule has 2 heterocycles. The average molecular weight is 152 g/mol. The second-order valence-electron chi connectivity index (χ2n) is 2.03. The fourth-order valence-corrected chi connectivity index (χ4v) is 0.884. The third kappa shape index (κ3) is 0.689. The zero-order chi connectivity index (χ0) is 7.84. The first-order valence-electron chi connectivity index (χ1n) is 2.93. The minimum atomic E-state index is -0.450. The molecule has 0 aromatic carbocycles. The van der Waals surface area contributed by atoms with E-state index < -0.39 is 11.1 Å². The van der Waals surface area contributed by atoms with Crippen LogP contribution in [0.2, 0.25) is 0 Å². The summed E-state index contributed by atoms with van der Waals surface area (Å²) in [6, 6.07) is 0. The van der Waals surface area contributed by atoms with Gasteiger partial charge in [-0.2, -0.15) is 0 Å². The highest BCUT2D eigenvalue weighted by Gasteiger charge is 2.03. The van der Waals surface area contributed by atoms with Crippen LogP contribution >= 0.6 is 0 Å². The number of aromatic amines is 3. The van der Waals surface area contributed by atoms with Crippen molar-refractivity contribution in [2.45, 2.75) is 0 Å². The summed E-state index contributed by atoms with van der Waals surface area (Å²) in [5, 5.41) is 4.75. The van der Waals surface area contributed by atoms with Gasteiger partial charge in [0.25, 0.3) is 11.1 Å². The van der Waals surface area contributed by atoms with E-state index in [1.807, 2.05) is 0 Å². The summed E-state index contributed by atoms with van der Waals surface area (Å²) in [5.74, 6) is 0. The molecular weight excluding hydrogens is 148 g/mol. The number of rotatable bonds is 0. The molecule has 0 spiro atoms. The standard InChI is InChI=1S/C5H4N4O2/c10-4-2-3(6-1-7-4)8-9-5(2)11/h1H,(H3,6,7,8,9,10,11). The van der Waals surface area contributed by atoms with E-state index in [2.05, 4.69) is 20.2 Å². The summed E-state index contributed by atoms with van der Waals surface area (Å²) in [4.78, 5) is 27.8. The number of nitrogens with one attached hydrogen (secondary N) is 3. The number of hydrogen-bond acceptors (Lipinski definition) is 3. The number of nitrogens with zero attached hydrogens (tertiary/aromatic N) is 1. The largest absolute Gasteiger partial charge is 0.312 e. The number of aromatic nitrogens is 4. The van der Waals surface area contributed by atoms with Crippen molar-refractivity contribution in [1.29, 1.82) is 0 Å². The van der Waals surface area contributed by atoms with Crippen LogP contribution in [0.15, 0.2) is 15.9 Å². The Morgan fingerprint density at radius 2 is 2.00 bits per heavy atom. The maximum atomic E-state index is 10.9. The molecule has 0 fully saturated rings. The minimum Gasteiger partial charge on any atom is -0.312 e. The van der Waals surface area contributed by atoms with Gasteiger partial charge < -0.3 is 4.98 Å². The normalized spacial score (nSPS) is 10.5. The Morgan fingerprint density at radius 1 is 1.18 bits per heavy atom. The van der Waals surface area contributed by atoms with Crippen molar-refractivity contribution in [2.24, 2.45) is 0 Å². The molecule has 2 aromatic heterocycles. The molecule has 11 heavy (non-hydrogen) atoms. The highest BCUT2D eigenvalue weighted by Crippen LogP contribution is 1.90. The van der Waals surface area contributed by atoms with E-state index in [-0.39, 0.29) is 11.0 Å². The molecule has 6 nitrogen and oxygen atoms in total. The molecule has 0 aliphatic heterocycles. The van der Waals surface area contributed by atoms with Crippen LogP contribution in [-0.4, -0.2) is 20.2 Å². The Morgan fingerprint density at radius 3 is 2.73 bits per heavy atom. The third-order valence-corrected chi connectivity index (χ3v) is 1.37. The van der Waals surface area contributed by atoms with Crippen LogP contribution in [0.3, 0.4) is 0 Å². The first-order chi connectivity index (χ1) is 5.29. The van der Waals surface area contributed by atoms with Gasteiger partial charge in [0, 0.05) is 0 Å². The molecule has 2 rings (SSSR count). The van der Waals surface area contributed by atoms with Gasteiger partial charge >= 0.3 is 0 Å². The van der Waals surface area contributed by atoms with Crippen LogP contribution < -0.4 is 11.1 Å². The Bertz CT molecular complexity index is 491. The SMILES string of the molecule is O=c1[nH]cnc2[nH][nH]c(=O)c12. The summed E-state index contributed by atoms with van der Waals surface area (Å²) in [6.07, 6.45) is 1.23. The Kier molecular flexibility index (Phi) is 0.974. The molecule has 0 amide bonds. The van der Waals surface area contributed by atoms with Crippen molar-refractivity contribution in [1.82, 2.24) is 20.2 Å². The van der Waals surface area contributed by atoms with E-state index in [0.29, 0.717) is 0 Å². The molecule has 0 unspecified atom stereocenters. The first-order valence-corrected chi connectivity index (χ1v) is 2.93. The van der Waals surface area contributed by atoms with E-state index >= 15 is 0 Å².